The molecule has 0 saturated carbocycles. The molecule has 1 saturated heterocycles. The molecule has 3 heterocycles. The third kappa shape index (κ3) is 4.13. The maximum absolute atomic E-state index is 12.8. The molecule has 11 heteroatoms. The molecule has 1 aromatic carbocycles. The van der Waals surface area contributed by atoms with Crippen LogP contribution in [-0.4, -0.2) is 51.5 Å². The Morgan fingerprint density at radius 1 is 1.17 bits per heavy atom. The van der Waals surface area contributed by atoms with E-state index >= 15 is 0 Å². The summed E-state index contributed by atoms with van der Waals surface area (Å²) >= 11 is 1.31. The summed E-state index contributed by atoms with van der Waals surface area (Å²) in [6.45, 7) is 2.31. The molecule has 0 unspecified atom stereocenters. The summed E-state index contributed by atoms with van der Waals surface area (Å²) < 4.78 is 28.7. The molecule has 1 N–H and O–H groups in total. The van der Waals surface area contributed by atoms with Crippen LogP contribution in [0.25, 0.3) is 10.6 Å². The number of amides is 1. The van der Waals surface area contributed by atoms with Crippen LogP contribution >= 0.6 is 11.3 Å². The molecular weight excluding hydrogens is 424 g/mol. The Balaban J connectivity index is 1.36. The number of imidazole rings is 1. The van der Waals surface area contributed by atoms with Crippen molar-refractivity contribution in [3.05, 3.63) is 42.4 Å². The van der Waals surface area contributed by atoms with Crippen molar-refractivity contribution < 1.29 is 13.2 Å². The van der Waals surface area contributed by atoms with E-state index in [0.717, 1.165) is 10.6 Å². The third-order valence-electron chi connectivity index (χ3n) is 5.19. The summed E-state index contributed by atoms with van der Waals surface area (Å²) in [5.41, 5.74) is 0.943. The van der Waals surface area contributed by atoms with Gasteiger partial charge in [0.15, 0.2) is 5.03 Å². The number of carbonyl (C=O) groups excluding carboxylic acids is 1. The zero-order chi connectivity index (χ0) is 21.3. The number of aryl methyl sites for hydroxylation is 2. The normalized spacial score (nSPS) is 15.9. The monoisotopic (exact) mass is 446 g/mol. The zero-order valence-corrected chi connectivity index (χ0v) is 18.3. The Kier molecular flexibility index (Phi) is 5.67. The van der Waals surface area contributed by atoms with E-state index in [-0.39, 0.29) is 29.9 Å². The standard InChI is InChI=1S/C19H22N6O3S2/c1-13-20-16(12-24(13)2)30(27,28)25-10-8-14(9-11-25)17(26)21-19-23-22-18(29-19)15-6-4-3-5-7-15/h3-7,12,14H,8-11H2,1-2H3,(H,21,23,26). The number of benzene rings is 1. The summed E-state index contributed by atoms with van der Waals surface area (Å²) in [5.74, 6) is 0.206. The fraction of sp³-hybridized carbons (Fsp3) is 0.368. The van der Waals surface area contributed by atoms with Crippen LogP contribution in [0, 0.1) is 12.8 Å². The molecule has 0 bridgehead atoms. The molecule has 0 spiro atoms. The first kappa shape index (κ1) is 20.6. The Labute approximate surface area is 178 Å². The van der Waals surface area contributed by atoms with Gasteiger partial charge in [-0.2, -0.15) is 4.31 Å². The molecule has 4 rings (SSSR count). The molecule has 1 fully saturated rings. The minimum atomic E-state index is -3.65. The van der Waals surface area contributed by atoms with Crippen LogP contribution in [0.5, 0.6) is 0 Å². The summed E-state index contributed by atoms with van der Waals surface area (Å²) in [4.78, 5) is 16.8. The number of sulfonamides is 1. The molecule has 0 atom stereocenters. The van der Waals surface area contributed by atoms with Crippen LogP contribution in [-0.2, 0) is 21.9 Å². The van der Waals surface area contributed by atoms with Gasteiger partial charge in [-0.1, -0.05) is 41.7 Å². The first-order valence-corrected chi connectivity index (χ1v) is 11.8. The van der Waals surface area contributed by atoms with Gasteiger partial charge in [0.1, 0.15) is 10.8 Å². The molecule has 0 radical (unpaired) electrons. The van der Waals surface area contributed by atoms with E-state index in [2.05, 4.69) is 20.5 Å². The van der Waals surface area contributed by atoms with Crippen LogP contribution in [0.2, 0.25) is 0 Å². The largest absolute Gasteiger partial charge is 0.337 e. The van der Waals surface area contributed by atoms with E-state index < -0.39 is 10.0 Å². The molecule has 1 amide bonds. The van der Waals surface area contributed by atoms with Crippen LogP contribution in [0.15, 0.2) is 41.6 Å². The highest BCUT2D eigenvalue weighted by Gasteiger charge is 2.33. The van der Waals surface area contributed by atoms with Crippen molar-refractivity contribution in [2.24, 2.45) is 13.0 Å². The van der Waals surface area contributed by atoms with E-state index in [1.165, 1.54) is 21.8 Å². The number of hydrogen-bond donors (Lipinski definition) is 1. The summed E-state index contributed by atoms with van der Waals surface area (Å²) in [6.07, 6.45) is 2.41. The van der Waals surface area contributed by atoms with E-state index in [9.17, 15) is 13.2 Å². The van der Waals surface area contributed by atoms with Crippen LogP contribution in [0.1, 0.15) is 18.7 Å². The Morgan fingerprint density at radius 3 is 2.50 bits per heavy atom. The average molecular weight is 447 g/mol. The highest BCUT2D eigenvalue weighted by Crippen LogP contribution is 2.28. The predicted octanol–water partition coefficient (Wildman–Crippen LogP) is 2.29. The minimum Gasteiger partial charge on any atom is -0.337 e. The molecule has 1 aliphatic heterocycles. The summed E-state index contributed by atoms with van der Waals surface area (Å²) in [6, 6.07) is 9.64. The van der Waals surface area contributed by atoms with Gasteiger partial charge in [-0.05, 0) is 19.8 Å². The molecule has 158 valence electrons. The van der Waals surface area contributed by atoms with Gasteiger partial charge in [-0.3, -0.25) is 4.79 Å². The van der Waals surface area contributed by atoms with Crippen LogP contribution in [0.4, 0.5) is 5.13 Å². The highest BCUT2D eigenvalue weighted by molar-refractivity contribution is 7.89. The molecule has 9 nitrogen and oxygen atoms in total. The average Bonchev–Trinajstić information content (AvgIpc) is 3.35. The SMILES string of the molecule is Cc1nc(S(=O)(=O)N2CCC(C(=O)Nc3nnc(-c4ccccc4)s3)CC2)cn1C. The molecule has 30 heavy (non-hydrogen) atoms. The number of carbonyl (C=O) groups is 1. The van der Waals surface area contributed by atoms with Crippen molar-refractivity contribution in [3.63, 3.8) is 0 Å². The molecule has 1 aliphatic rings. The fourth-order valence-electron chi connectivity index (χ4n) is 3.32. The Morgan fingerprint density at radius 2 is 1.87 bits per heavy atom. The van der Waals surface area contributed by atoms with E-state index in [0.29, 0.717) is 23.8 Å². The Hall–Kier alpha value is -2.63. The van der Waals surface area contributed by atoms with Gasteiger partial charge < -0.3 is 9.88 Å². The molecule has 0 aliphatic carbocycles. The second kappa shape index (κ2) is 8.25. The predicted molar refractivity (Wildman–Crippen MR) is 113 cm³/mol. The summed E-state index contributed by atoms with van der Waals surface area (Å²) in [7, 11) is -1.89. The smallest absolute Gasteiger partial charge is 0.262 e. The van der Waals surface area contributed by atoms with Crippen LogP contribution < -0.4 is 5.32 Å². The van der Waals surface area contributed by atoms with E-state index in [4.69, 9.17) is 0 Å². The lowest BCUT2D eigenvalue weighted by atomic mass is 9.97. The van der Waals surface area contributed by atoms with Crippen molar-refractivity contribution in [1.82, 2.24) is 24.1 Å². The number of anilines is 1. The van der Waals surface area contributed by atoms with Gasteiger partial charge in [0.05, 0.1) is 0 Å². The van der Waals surface area contributed by atoms with E-state index in [1.54, 1.807) is 18.5 Å². The molecular formula is C19H22N6O3S2. The van der Waals surface area contributed by atoms with Gasteiger partial charge in [-0.25, -0.2) is 13.4 Å². The second-order valence-electron chi connectivity index (χ2n) is 7.18. The number of nitrogens with one attached hydrogen (secondary N) is 1. The van der Waals surface area contributed by atoms with Gasteiger partial charge >= 0.3 is 0 Å². The quantitative estimate of drug-likeness (QED) is 0.644. The second-order valence-corrected chi connectivity index (χ2v) is 10.0. The molecule has 2 aromatic heterocycles. The lowest BCUT2D eigenvalue weighted by Gasteiger charge is -2.29. The maximum atomic E-state index is 12.8. The van der Waals surface area contributed by atoms with E-state index in [1.807, 2.05) is 30.3 Å². The number of rotatable bonds is 5. The lowest BCUT2D eigenvalue weighted by Crippen LogP contribution is -2.41. The highest BCUT2D eigenvalue weighted by atomic mass is 32.2. The van der Waals surface area contributed by atoms with Crippen molar-refractivity contribution in [3.8, 4) is 10.6 Å². The molecule has 3 aromatic rings. The minimum absolute atomic E-state index is 0.0488. The van der Waals surface area contributed by atoms with Crippen LogP contribution in [0.3, 0.4) is 0 Å². The number of hydrogen-bond acceptors (Lipinski definition) is 7. The van der Waals surface area contributed by atoms with Crippen molar-refractivity contribution in [1.29, 1.82) is 0 Å². The van der Waals surface area contributed by atoms with Crippen molar-refractivity contribution in [2.45, 2.75) is 24.8 Å². The number of nitrogens with zero attached hydrogens (tertiary/aromatic N) is 5. The van der Waals surface area contributed by atoms with Crippen molar-refractivity contribution in [2.75, 3.05) is 18.4 Å². The zero-order valence-electron chi connectivity index (χ0n) is 16.6. The van der Waals surface area contributed by atoms with Gasteiger partial charge in [0.2, 0.25) is 11.0 Å². The first-order chi connectivity index (χ1) is 14.3. The lowest BCUT2D eigenvalue weighted by molar-refractivity contribution is -0.120. The topological polar surface area (TPSA) is 110 Å². The first-order valence-electron chi connectivity index (χ1n) is 9.54. The Bertz CT molecular complexity index is 1130. The van der Waals surface area contributed by atoms with Crippen molar-refractivity contribution >= 4 is 32.4 Å². The van der Waals surface area contributed by atoms with Gasteiger partial charge in [0, 0.05) is 37.8 Å². The van der Waals surface area contributed by atoms with Gasteiger partial charge in [0.25, 0.3) is 10.0 Å². The number of piperidine rings is 1. The third-order valence-corrected chi connectivity index (χ3v) is 7.85. The van der Waals surface area contributed by atoms with Gasteiger partial charge in [-0.15, -0.1) is 10.2 Å². The fourth-order valence-corrected chi connectivity index (χ4v) is 5.57. The number of aromatic nitrogens is 4. The summed E-state index contributed by atoms with van der Waals surface area (Å²) in [5, 5.41) is 12.2. The maximum Gasteiger partial charge on any atom is 0.262 e.